The number of carbonyl (C=O) groups excluding carboxylic acids is 1. The van der Waals surface area contributed by atoms with Gasteiger partial charge in [0, 0.05) is 32.1 Å². The molecule has 3 heterocycles. The molecular formula is C14H17ClN4O3. The number of rotatable bonds is 3. The van der Waals surface area contributed by atoms with E-state index in [0.29, 0.717) is 12.2 Å². The average Bonchev–Trinajstić information content (AvgIpc) is 2.97. The van der Waals surface area contributed by atoms with E-state index in [0.717, 1.165) is 42.8 Å². The third-order valence-electron chi connectivity index (χ3n) is 4.48. The highest BCUT2D eigenvalue weighted by Crippen LogP contribution is 2.50. The van der Waals surface area contributed by atoms with Crippen molar-refractivity contribution in [3.8, 4) is 0 Å². The first-order chi connectivity index (χ1) is 10.2. The summed E-state index contributed by atoms with van der Waals surface area (Å²) in [6.07, 6.45) is 5.56. The molecule has 0 spiro atoms. The number of nitrogens with one attached hydrogen (secondary N) is 1. The average molecular weight is 325 g/mol. The summed E-state index contributed by atoms with van der Waals surface area (Å²) in [4.78, 5) is 18.7. The van der Waals surface area contributed by atoms with Crippen molar-refractivity contribution in [2.24, 2.45) is 0 Å². The normalized spacial score (nSPS) is 18.2. The number of hydrogen-bond acceptors (Lipinski definition) is 6. The Labute approximate surface area is 133 Å². The summed E-state index contributed by atoms with van der Waals surface area (Å²) in [5, 5.41) is 7.24. The van der Waals surface area contributed by atoms with Crippen LogP contribution in [0.5, 0.6) is 0 Å². The van der Waals surface area contributed by atoms with E-state index in [-0.39, 0.29) is 23.9 Å². The van der Waals surface area contributed by atoms with E-state index in [2.05, 4.69) is 15.5 Å². The molecule has 1 N–H and O–H groups in total. The van der Waals surface area contributed by atoms with Gasteiger partial charge in [0.2, 0.25) is 0 Å². The predicted octanol–water partition coefficient (Wildman–Crippen LogP) is 1.49. The molecule has 0 radical (unpaired) electrons. The van der Waals surface area contributed by atoms with Crippen LogP contribution in [0.25, 0.3) is 0 Å². The van der Waals surface area contributed by atoms with E-state index in [4.69, 9.17) is 8.94 Å². The van der Waals surface area contributed by atoms with Gasteiger partial charge in [0.05, 0.1) is 5.54 Å². The van der Waals surface area contributed by atoms with Crippen molar-refractivity contribution in [1.29, 1.82) is 0 Å². The van der Waals surface area contributed by atoms with Crippen LogP contribution in [0.2, 0.25) is 0 Å². The molecule has 1 aliphatic heterocycles. The molecule has 8 heteroatoms. The Bertz CT molecular complexity index is 678. The van der Waals surface area contributed by atoms with Crippen LogP contribution in [0, 0.1) is 0 Å². The van der Waals surface area contributed by atoms with Gasteiger partial charge in [-0.25, -0.2) is 4.98 Å². The summed E-state index contributed by atoms with van der Waals surface area (Å²) in [6, 6.07) is 0. The topological polar surface area (TPSA) is 84.4 Å². The third-order valence-corrected chi connectivity index (χ3v) is 4.48. The van der Waals surface area contributed by atoms with Gasteiger partial charge in [-0.15, -0.1) is 12.4 Å². The van der Waals surface area contributed by atoms with Crippen LogP contribution in [0.1, 0.15) is 40.3 Å². The van der Waals surface area contributed by atoms with E-state index in [1.54, 1.807) is 18.2 Å². The number of oxazole rings is 1. The standard InChI is InChI=1S/C14H16N4O3.ClH/c1-18(14(3-4-14)11-7-20-8-16-11)13(19)12-9-6-15-5-2-10(9)21-17-12;/h7-8,15H,2-6H2,1H3;1H. The highest BCUT2D eigenvalue weighted by molar-refractivity contribution is 5.94. The summed E-state index contributed by atoms with van der Waals surface area (Å²) in [5.41, 5.74) is 1.75. The van der Waals surface area contributed by atoms with E-state index in [1.807, 2.05) is 0 Å². The number of amides is 1. The number of hydrogen-bond donors (Lipinski definition) is 1. The van der Waals surface area contributed by atoms with E-state index in [1.165, 1.54) is 6.39 Å². The second-order valence-electron chi connectivity index (χ2n) is 5.63. The molecular weight excluding hydrogens is 308 g/mol. The molecule has 1 amide bonds. The van der Waals surface area contributed by atoms with E-state index < -0.39 is 0 Å². The van der Waals surface area contributed by atoms with E-state index in [9.17, 15) is 4.79 Å². The molecule has 0 unspecified atom stereocenters. The summed E-state index contributed by atoms with van der Waals surface area (Å²) in [5.74, 6) is 0.695. The Kier molecular flexibility index (Phi) is 3.70. The molecule has 2 aromatic rings. The number of halogens is 1. The fourth-order valence-electron chi connectivity index (χ4n) is 2.98. The monoisotopic (exact) mass is 324 g/mol. The maximum absolute atomic E-state index is 12.8. The summed E-state index contributed by atoms with van der Waals surface area (Å²) >= 11 is 0. The molecule has 4 rings (SSSR count). The van der Waals surface area contributed by atoms with Crippen molar-refractivity contribution in [2.45, 2.75) is 31.3 Å². The van der Waals surface area contributed by atoms with Crippen LogP contribution in [-0.4, -0.2) is 34.5 Å². The van der Waals surface area contributed by atoms with Gasteiger partial charge in [-0.2, -0.15) is 0 Å². The van der Waals surface area contributed by atoms with Gasteiger partial charge in [0.1, 0.15) is 17.7 Å². The molecule has 2 aliphatic rings. The Morgan fingerprint density at radius 2 is 2.27 bits per heavy atom. The number of fused-ring (bicyclic) bond motifs is 1. The first-order valence-corrected chi connectivity index (χ1v) is 7.07. The molecule has 118 valence electrons. The maximum atomic E-state index is 12.8. The lowest BCUT2D eigenvalue weighted by atomic mass is 10.1. The fraction of sp³-hybridized carbons (Fsp3) is 0.500. The lowest BCUT2D eigenvalue weighted by Crippen LogP contribution is -2.38. The van der Waals surface area contributed by atoms with Crippen molar-refractivity contribution in [1.82, 2.24) is 20.4 Å². The number of nitrogens with zero attached hydrogens (tertiary/aromatic N) is 3. The highest BCUT2D eigenvalue weighted by atomic mass is 35.5. The molecule has 0 atom stereocenters. The van der Waals surface area contributed by atoms with Gasteiger partial charge in [-0.1, -0.05) is 5.16 Å². The molecule has 0 aromatic carbocycles. The quantitative estimate of drug-likeness (QED) is 0.921. The van der Waals surface area contributed by atoms with Gasteiger partial charge < -0.3 is 19.2 Å². The van der Waals surface area contributed by atoms with Crippen LogP contribution < -0.4 is 5.32 Å². The summed E-state index contributed by atoms with van der Waals surface area (Å²) in [6.45, 7) is 1.49. The van der Waals surface area contributed by atoms with Gasteiger partial charge in [-0.3, -0.25) is 4.79 Å². The first kappa shape index (κ1) is 15.1. The van der Waals surface area contributed by atoms with E-state index >= 15 is 0 Å². The van der Waals surface area contributed by atoms with Gasteiger partial charge in [0.25, 0.3) is 5.91 Å². The van der Waals surface area contributed by atoms with Crippen LogP contribution in [0.15, 0.2) is 21.6 Å². The Morgan fingerprint density at radius 1 is 1.45 bits per heavy atom. The van der Waals surface area contributed by atoms with Gasteiger partial charge >= 0.3 is 0 Å². The van der Waals surface area contributed by atoms with Crippen molar-refractivity contribution in [3.05, 3.63) is 35.4 Å². The Morgan fingerprint density at radius 3 is 2.95 bits per heavy atom. The van der Waals surface area contributed by atoms with Crippen molar-refractivity contribution in [3.63, 3.8) is 0 Å². The molecule has 1 fully saturated rings. The van der Waals surface area contributed by atoms with Crippen molar-refractivity contribution >= 4 is 18.3 Å². The lowest BCUT2D eigenvalue weighted by molar-refractivity contribution is 0.0689. The first-order valence-electron chi connectivity index (χ1n) is 7.07. The van der Waals surface area contributed by atoms with Crippen LogP contribution in [0.3, 0.4) is 0 Å². The second kappa shape index (κ2) is 5.40. The molecule has 22 heavy (non-hydrogen) atoms. The smallest absolute Gasteiger partial charge is 0.276 e. The van der Waals surface area contributed by atoms with Crippen LogP contribution in [-0.2, 0) is 18.5 Å². The molecule has 0 bridgehead atoms. The zero-order valence-electron chi connectivity index (χ0n) is 12.2. The minimum atomic E-state index is -0.349. The van der Waals surface area contributed by atoms with Gasteiger partial charge in [0.15, 0.2) is 12.1 Å². The minimum absolute atomic E-state index is 0. The zero-order chi connectivity index (χ0) is 14.4. The minimum Gasteiger partial charge on any atom is -0.451 e. The zero-order valence-corrected chi connectivity index (χ0v) is 13.0. The molecule has 1 saturated carbocycles. The SMILES string of the molecule is CN(C(=O)c1noc2c1CNCC2)C1(c2cocn2)CC1.Cl. The summed E-state index contributed by atoms with van der Waals surface area (Å²) < 4.78 is 10.4. The van der Waals surface area contributed by atoms with Crippen LogP contribution >= 0.6 is 12.4 Å². The number of carbonyl (C=O) groups is 1. The maximum Gasteiger partial charge on any atom is 0.276 e. The molecule has 2 aromatic heterocycles. The van der Waals surface area contributed by atoms with Crippen molar-refractivity contribution in [2.75, 3.05) is 13.6 Å². The lowest BCUT2D eigenvalue weighted by Gasteiger charge is -2.26. The fourth-order valence-corrected chi connectivity index (χ4v) is 2.98. The third kappa shape index (κ3) is 2.12. The number of aromatic nitrogens is 2. The second-order valence-corrected chi connectivity index (χ2v) is 5.63. The Balaban J connectivity index is 0.00000144. The molecule has 0 saturated heterocycles. The van der Waals surface area contributed by atoms with Crippen LogP contribution in [0.4, 0.5) is 0 Å². The predicted molar refractivity (Wildman–Crippen MR) is 78.7 cm³/mol. The highest BCUT2D eigenvalue weighted by Gasteiger charge is 2.52. The van der Waals surface area contributed by atoms with Crippen molar-refractivity contribution < 1.29 is 13.7 Å². The Hall–Kier alpha value is -1.86. The molecule has 1 aliphatic carbocycles. The largest absolute Gasteiger partial charge is 0.451 e. The van der Waals surface area contributed by atoms with Gasteiger partial charge in [-0.05, 0) is 12.8 Å². The summed E-state index contributed by atoms with van der Waals surface area (Å²) in [7, 11) is 1.79. The molecule has 7 nitrogen and oxygen atoms in total.